The maximum atomic E-state index is 12.1. The molecule has 0 radical (unpaired) electrons. The van der Waals surface area contributed by atoms with Gasteiger partial charge in [0.25, 0.3) is 0 Å². The highest BCUT2D eigenvalue weighted by molar-refractivity contribution is 5.78. The fraction of sp³-hybridized carbons (Fsp3) is 0.381. The van der Waals surface area contributed by atoms with Crippen LogP contribution in [0.4, 0.5) is 0 Å². The van der Waals surface area contributed by atoms with Crippen LogP contribution in [0.15, 0.2) is 60.7 Å². The molecule has 1 saturated heterocycles. The van der Waals surface area contributed by atoms with Crippen LogP contribution < -0.4 is 10.1 Å². The molecule has 0 spiro atoms. The second-order valence-corrected chi connectivity index (χ2v) is 6.54. The van der Waals surface area contributed by atoms with E-state index in [0.29, 0.717) is 19.7 Å². The first-order valence-corrected chi connectivity index (χ1v) is 9.23. The van der Waals surface area contributed by atoms with Gasteiger partial charge < -0.3 is 10.1 Å². The molecule has 0 unspecified atom stereocenters. The Balaban J connectivity index is 1.29. The number of benzene rings is 2. The Morgan fingerprint density at radius 3 is 2.19 bits per heavy atom. The molecule has 0 aromatic heterocycles. The summed E-state index contributed by atoms with van der Waals surface area (Å²) >= 11 is 0. The summed E-state index contributed by atoms with van der Waals surface area (Å²) in [5, 5.41) is 3.00. The van der Waals surface area contributed by atoms with Gasteiger partial charge in [0.1, 0.15) is 12.4 Å². The van der Waals surface area contributed by atoms with E-state index in [9.17, 15) is 4.79 Å². The summed E-state index contributed by atoms with van der Waals surface area (Å²) in [6.07, 6.45) is 0. The summed E-state index contributed by atoms with van der Waals surface area (Å²) in [5.41, 5.74) is 1.13. The number of para-hydroxylation sites is 1. The van der Waals surface area contributed by atoms with Crippen LogP contribution in [0, 0.1) is 0 Å². The molecule has 5 heteroatoms. The topological polar surface area (TPSA) is 44.8 Å². The molecule has 1 aliphatic rings. The zero-order valence-corrected chi connectivity index (χ0v) is 15.1. The predicted octanol–water partition coefficient (Wildman–Crippen LogP) is 2.00. The lowest BCUT2D eigenvalue weighted by Gasteiger charge is -2.34. The third-order valence-corrected chi connectivity index (χ3v) is 4.58. The molecule has 2 aromatic carbocycles. The molecule has 5 nitrogen and oxygen atoms in total. The number of ether oxygens (including phenoxy) is 1. The molecule has 3 rings (SSSR count). The van der Waals surface area contributed by atoms with Gasteiger partial charge in [-0.3, -0.25) is 14.6 Å². The average Bonchev–Trinajstić information content (AvgIpc) is 2.69. The van der Waals surface area contributed by atoms with E-state index >= 15 is 0 Å². The number of carbonyl (C=O) groups is 1. The number of hydrogen-bond acceptors (Lipinski definition) is 4. The minimum absolute atomic E-state index is 0.0923. The standard InChI is InChI=1S/C21H27N3O2/c25-21(22-17-19-7-3-1-4-8-19)18-24-13-11-23(12-14-24)15-16-26-20-9-5-2-6-10-20/h1-10H,11-18H2,(H,22,25). The molecule has 1 heterocycles. The maximum absolute atomic E-state index is 12.1. The van der Waals surface area contributed by atoms with Crippen LogP contribution in [0.5, 0.6) is 5.75 Å². The number of carbonyl (C=O) groups excluding carboxylic acids is 1. The predicted molar refractivity (Wildman–Crippen MR) is 103 cm³/mol. The highest BCUT2D eigenvalue weighted by atomic mass is 16.5. The molecule has 1 N–H and O–H groups in total. The number of piperazine rings is 1. The van der Waals surface area contributed by atoms with E-state index in [0.717, 1.165) is 44.0 Å². The van der Waals surface area contributed by atoms with E-state index < -0.39 is 0 Å². The molecular formula is C21H27N3O2. The van der Waals surface area contributed by atoms with E-state index in [4.69, 9.17) is 4.74 Å². The Morgan fingerprint density at radius 2 is 1.50 bits per heavy atom. The third kappa shape index (κ3) is 6.17. The highest BCUT2D eigenvalue weighted by Gasteiger charge is 2.18. The van der Waals surface area contributed by atoms with E-state index in [1.54, 1.807) is 0 Å². The van der Waals surface area contributed by atoms with E-state index in [1.807, 2.05) is 60.7 Å². The molecule has 0 aliphatic carbocycles. The van der Waals surface area contributed by atoms with Crippen molar-refractivity contribution >= 4 is 5.91 Å². The van der Waals surface area contributed by atoms with Gasteiger partial charge in [-0.25, -0.2) is 0 Å². The summed E-state index contributed by atoms with van der Waals surface area (Å²) < 4.78 is 5.75. The first-order valence-electron chi connectivity index (χ1n) is 9.23. The van der Waals surface area contributed by atoms with Gasteiger partial charge in [0.05, 0.1) is 6.54 Å². The quantitative estimate of drug-likeness (QED) is 0.788. The second-order valence-electron chi connectivity index (χ2n) is 6.54. The van der Waals surface area contributed by atoms with E-state index in [1.165, 1.54) is 0 Å². The lowest BCUT2D eigenvalue weighted by atomic mass is 10.2. The average molecular weight is 353 g/mol. The van der Waals surface area contributed by atoms with Crippen LogP contribution in [0.3, 0.4) is 0 Å². The van der Waals surface area contributed by atoms with Gasteiger partial charge in [-0.05, 0) is 17.7 Å². The molecule has 26 heavy (non-hydrogen) atoms. The van der Waals surface area contributed by atoms with E-state index in [-0.39, 0.29) is 5.91 Å². The summed E-state index contributed by atoms with van der Waals surface area (Å²) in [4.78, 5) is 16.7. The second kappa shape index (κ2) is 9.94. The summed E-state index contributed by atoms with van der Waals surface area (Å²) in [6.45, 7) is 6.48. The van der Waals surface area contributed by atoms with Crippen molar-refractivity contribution in [3.8, 4) is 5.75 Å². The number of hydrogen-bond donors (Lipinski definition) is 1. The zero-order valence-electron chi connectivity index (χ0n) is 15.1. The zero-order chi connectivity index (χ0) is 18.0. The van der Waals surface area contributed by atoms with Gasteiger partial charge in [0.15, 0.2) is 0 Å². The molecule has 2 aromatic rings. The first kappa shape index (κ1) is 18.4. The van der Waals surface area contributed by atoms with Crippen LogP contribution in [-0.4, -0.2) is 61.6 Å². The van der Waals surface area contributed by atoms with Crippen molar-refractivity contribution in [1.82, 2.24) is 15.1 Å². The maximum Gasteiger partial charge on any atom is 0.234 e. The van der Waals surface area contributed by atoms with Crippen molar-refractivity contribution in [1.29, 1.82) is 0 Å². The molecule has 0 atom stereocenters. The number of rotatable bonds is 8. The SMILES string of the molecule is O=C(CN1CCN(CCOc2ccccc2)CC1)NCc1ccccc1. The summed E-state index contributed by atoms with van der Waals surface area (Å²) in [6, 6.07) is 19.9. The monoisotopic (exact) mass is 353 g/mol. The Bertz CT molecular complexity index is 655. The third-order valence-electron chi connectivity index (χ3n) is 4.58. The number of nitrogens with zero attached hydrogens (tertiary/aromatic N) is 2. The minimum atomic E-state index is 0.0923. The van der Waals surface area contributed by atoms with E-state index in [2.05, 4.69) is 15.1 Å². The highest BCUT2D eigenvalue weighted by Crippen LogP contribution is 2.08. The van der Waals surface area contributed by atoms with Crippen molar-refractivity contribution in [2.45, 2.75) is 6.54 Å². The fourth-order valence-corrected chi connectivity index (χ4v) is 3.04. The Morgan fingerprint density at radius 1 is 0.885 bits per heavy atom. The van der Waals surface area contributed by atoms with Crippen molar-refractivity contribution < 1.29 is 9.53 Å². The molecule has 138 valence electrons. The van der Waals surface area contributed by atoms with Gasteiger partial charge in [-0.2, -0.15) is 0 Å². The van der Waals surface area contributed by atoms with Crippen LogP contribution in [0.25, 0.3) is 0 Å². The lowest BCUT2D eigenvalue weighted by molar-refractivity contribution is -0.122. The molecule has 1 fully saturated rings. The van der Waals surface area contributed by atoms with Gasteiger partial charge in [-0.1, -0.05) is 48.5 Å². The molecule has 0 saturated carbocycles. The van der Waals surface area contributed by atoms with Crippen molar-refractivity contribution in [2.24, 2.45) is 0 Å². The fourth-order valence-electron chi connectivity index (χ4n) is 3.04. The normalized spacial score (nSPS) is 15.5. The number of nitrogens with one attached hydrogen (secondary N) is 1. The summed E-state index contributed by atoms with van der Waals surface area (Å²) in [7, 11) is 0. The number of amides is 1. The largest absolute Gasteiger partial charge is 0.492 e. The van der Waals surface area contributed by atoms with Crippen LogP contribution >= 0.6 is 0 Å². The molecule has 0 bridgehead atoms. The Hall–Kier alpha value is -2.37. The molecule has 1 aliphatic heterocycles. The van der Waals surface area contributed by atoms with Crippen molar-refractivity contribution in [3.63, 3.8) is 0 Å². The van der Waals surface area contributed by atoms with Crippen molar-refractivity contribution in [2.75, 3.05) is 45.9 Å². The van der Waals surface area contributed by atoms with Gasteiger partial charge in [0, 0.05) is 39.3 Å². The lowest BCUT2D eigenvalue weighted by Crippen LogP contribution is -2.50. The van der Waals surface area contributed by atoms with Crippen LogP contribution in [0.1, 0.15) is 5.56 Å². The molecule has 1 amide bonds. The Kier molecular flexibility index (Phi) is 7.05. The molecular weight excluding hydrogens is 326 g/mol. The van der Waals surface area contributed by atoms with Crippen LogP contribution in [0.2, 0.25) is 0 Å². The van der Waals surface area contributed by atoms with Crippen molar-refractivity contribution in [3.05, 3.63) is 66.2 Å². The Labute approximate surface area is 155 Å². The summed E-state index contributed by atoms with van der Waals surface area (Å²) in [5.74, 6) is 1.01. The van der Waals surface area contributed by atoms with Gasteiger partial charge in [-0.15, -0.1) is 0 Å². The first-order chi connectivity index (χ1) is 12.8. The minimum Gasteiger partial charge on any atom is -0.492 e. The smallest absolute Gasteiger partial charge is 0.234 e. The van der Waals surface area contributed by atoms with Gasteiger partial charge in [0.2, 0.25) is 5.91 Å². The van der Waals surface area contributed by atoms with Gasteiger partial charge >= 0.3 is 0 Å². The van der Waals surface area contributed by atoms with Crippen LogP contribution in [-0.2, 0) is 11.3 Å².